The SMILES string of the molecule is COC(=O)/N=C(/c1ccccc1)N(C(C)=O)C(=O)OC. The van der Waals surface area contributed by atoms with Crippen molar-refractivity contribution in [2.24, 2.45) is 4.99 Å². The van der Waals surface area contributed by atoms with E-state index in [0.29, 0.717) is 10.5 Å². The Labute approximate surface area is 115 Å². The van der Waals surface area contributed by atoms with E-state index < -0.39 is 18.1 Å². The van der Waals surface area contributed by atoms with Gasteiger partial charge in [0.1, 0.15) is 0 Å². The molecule has 0 bridgehead atoms. The van der Waals surface area contributed by atoms with Gasteiger partial charge in [0.15, 0.2) is 5.84 Å². The highest BCUT2D eigenvalue weighted by atomic mass is 16.5. The minimum Gasteiger partial charge on any atom is -0.452 e. The lowest BCUT2D eigenvalue weighted by atomic mass is 10.2. The fourth-order valence-electron chi connectivity index (χ4n) is 1.42. The van der Waals surface area contributed by atoms with Crippen molar-refractivity contribution in [2.45, 2.75) is 6.92 Å². The van der Waals surface area contributed by atoms with Crippen LogP contribution in [0.25, 0.3) is 0 Å². The lowest BCUT2D eigenvalue weighted by Crippen LogP contribution is -2.41. The van der Waals surface area contributed by atoms with Crippen molar-refractivity contribution in [3.63, 3.8) is 0 Å². The number of aliphatic imine (C=N–C) groups is 1. The Morgan fingerprint density at radius 2 is 1.65 bits per heavy atom. The van der Waals surface area contributed by atoms with Crippen molar-refractivity contribution in [3.8, 4) is 0 Å². The molecule has 0 aliphatic carbocycles. The number of carbonyl (C=O) groups excluding carboxylic acids is 3. The summed E-state index contributed by atoms with van der Waals surface area (Å²) in [7, 11) is 2.27. The van der Waals surface area contributed by atoms with Crippen molar-refractivity contribution < 1.29 is 23.9 Å². The third kappa shape index (κ3) is 3.64. The van der Waals surface area contributed by atoms with Gasteiger partial charge in [0.2, 0.25) is 5.91 Å². The van der Waals surface area contributed by atoms with E-state index in [1.165, 1.54) is 0 Å². The topological polar surface area (TPSA) is 85.3 Å². The Morgan fingerprint density at radius 1 is 1.05 bits per heavy atom. The zero-order chi connectivity index (χ0) is 15.1. The Bertz CT molecular complexity index is 539. The first-order valence-corrected chi connectivity index (χ1v) is 5.62. The highest BCUT2D eigenvalue weighted by molar-refractivity contribution is 6.18. The zero-order valence-corrected chi connectivity index (χ0v) is 11.3. The molecule has 0 saturated carbocycles. The van der Waals surface area contributed by atoms with Crippen LogP contribution in [-0.4, -0.2) is 43.0 Å². The Balaban J connectivity index is 3.36. The first-order valence-electron chi connectivity index (χ1n) is 5.62. The molecule has 0 aliphatic heterocycles. The molecule has 0 fully saturated rings. The van der Waals surface area contributed by atoms with Gasteiger partial charge in [-0.1, -0.05) is 30.3 Å². The second-order valence-electron chi connectivity index (χ2n) is 3.60. The lowest BCUT2D eigenvalue weighted by molar-refractivity contribution is -0.123. The van der Waals surface area contributed by atoms with Crippen LogP contribution in [0.4, 0.5) is 9.59 Å². The molecule has 20 heavy (non-hydrogen) atoms. The molecule has 0 N–H and O–H groups in total. The number of amidine groups is 1. The van der Waals surface area contributed by atoms with E-state index in [0.717, 1.165) is 21.1 Å². The molecule has 0 heterocycles. The van der Waals surface area contributed by atoms with Gasteiger partial charge < -0.3 is 9.47 Å². The van der Waals surface area contributed by atoms with E-state index in [9.17, 15) is 14.4 Å². The standard InChI is InChI=1S/C13H14N2O5/c1-9(16)15(13(18)20-3)11(14-12(17)19-2)10-7-5-4-6-8-10/h4-8H,1-3H3/b14-11-. The van der Waals surface area contributed by atoms with Crippen LogP contribution in [-0.2, 0) is 14.3 Å². The molecule has 7 heteroatoms. The second kappa shape index (κ2) is 7.03. The van der Waals surface area contributed by atoms with Gasteiger partial charge in [-0.15, -0.1) is 0 Å². The lowest BCUT2D eigenvalue weighted by Gasteiger charge is -2.19. The molecular formula is C13H14N2O5. The molecule has 0 saturated heterocycles. The smallest absolute Gasteiger partial charge is 0.435 e. The van der Waals surface area contributed by atoms with Crippen molar-refractivity contribution in [3.05, 3.63) is 35.9 Å². The number of carbonyl (C=O) groups is 3. The number of methoxy groups -OCH3 is 2. The van der Waals surface area contributed by atoms with Crippen molar-refractivity contribution in [1.82, 2.24) is 4.90 Å². The summed E-state index contributed by atoms with van der Waals surface area (Å²) in [6.45, 7) is 1.16. The number of hydrogen-bond acceptors (Lipinski definition) is 5. The molecule has 3 amide bonds. The third-order valence-corrected chi connectivity index (χ3v) is 2.29. The summed E-state index contributed by atoms with van der Waals surface area (Å²) in [5, 5.41) is 0. The van der Waals surface area contributed by atoms with Gasteiger partial charge in [0, 0.05) is 12.5 Å². The van der Waals surface area contributed by atoms with Gasteiger partial charge in [0.05, 0.1) is 14.2 Å². The highest BCUT2D eigenvalue weighted by Crippen LogP contribution is 2.09. The van der Waals surface area contributed by atoms with Crippen LogP contribution >= 0.6 is 0 Å². The van der Waals surface area contributed by atoms with E-state index >= 15 is 0 Å². The maximum absolute atomic E-state index is 11.7. The minimum absolute atomic E-state index is 0.156. The van der Waals surface area contributed by atoms with Gasteiger partial charge >= 0.3 is 12.2 Å². The number of rotatable bonds is 1. The quantitative estimate of drug-likeness (QED) is 0.577. The van der Waals surface area contributed by atoms with E-state index in [-0.39, 0.29) is 5.84 Å². The molecule has 7 nitrogen and oxygen atoms in total. The molecule has 0 aromatic heterocycles. The number of amides is 3. The molecule has 0 spiro atoms. The molecule has 0 aliphatic rings. The summed E-state index contributed by atoms with van der Waals surface area (Å²) >= 11 is 0. The number of nitrogens with zero attached hydrogens (tertiary/aromatic N) is 2. The molecule has 1 aromatic rings. The predicted octanol–water partition coefficient (Wildman–Crippen LogP) is 1.81. The van der Waals surface area contributed by atoms with Crippen LogP contribution in [0, 0.1) is 0 Å². The molecule has 1 aromatic carbocycles. The van der Waals surface area contributed by atoms with Crippen LogP contribution in [0.15, 0.2) is 35.3 Å². The Hall–Kier alpha value is -2.70. The summed E-state index contributed by atoms with van der Waals surface area (Å²) in [4.78, 5) is 38.9. The fourth-order valence-corrected chi connectivity index (χ4v) is 1.42. The normalized spacial score (nSPS) is 10.7. The van der Waals surface area contributed by atoms with Crippen LogP contribution in [0.5, 0.6) is 0 Å². The van der Waals surface area contributed by atoms with Crippen LogP contribution in [0.2, 0.25) is 0 Å². The predicted molar refractivity (Wildman–Crippen MR) is 70.3 cm³/mol. The van der Waals surface area contributed by atoms with Crippen molar-refractivity contribution in [2.75, 3.05) is 14.2 Å². The van der Waals surface area contributed by atoms with Gasteiger partial charge in [-0.25, -0.2) is 9.59 Å². The van der Waals surface area contributed by atoms with E-state index in [2.05, 4.69) is 14.5 Å². The average Bonchev–Trinajstić information content (AvgIpc) is 2.46. The van der Waals surface area contributed by atoms with Crippen LogP contribution < -0.4 is 0 Å². The maximum atomic E-state index is 11.7. The first-order chi connectivity index (χ1) is 9.51. The van der Waals surface area contributed by atoms with Crippen LogP contribution in [0.1, 0.15) is 12.5 Å². The highest BCUT2D eigenvalue weighted by Gasteiger charge is 2.27. The van der Waals surface area contributed by atoms with Gasteiger partial charge in [-0.3, -0.25) is 4.79 Å². The Morgan fingerprint density at radius 3 is 2.10 bits per heavy atom. The van der Waals surface area contributed by atoms with Crippen molar-refractivity contribution >= 4 is 23.9 Å². The number of imide groups is 1. The number of hydrogen-bond donors (Lipinski definition) is 0. The summed E-state index contributed by atoms with van der Waals surface area (Å²) < 4.78 is 8.95. The molecule has 1 rings (SSSR count). The maximum Gasteiger partial charge on any atom is 0.435 e. The second-order valence-corrected chi connectivity index (χ2v) is 3.60. The largest absolute Gasteiger partial charge is 0.452 e. The van der Waals surface area contributed by atoms with Gasteiger partial charge in [0.25, 0.3) is 0 Å². The Kier molecular flexibility index (Phi) is 5.40. The minimum atomic E-state index is -0.941. The van der Waals surface area contributed by atoms with E-state index in [1.54, 1.807) is 30.3 Å². The number of ether oxygens (including phenoxy) is 2. The monoisotopic (exact) mass is 278 g/mol. The fraction of sp³-hybridized carbons (Fsp3) is 0.231. The third-order valence-electron chi connectivity index (χ3n) is 2.29. The molecular weight excluding hydrogens is 264 g/mol. The summed E-state index contributed by atoms with van der Waals surface area (Å²) in [5.41, 5.74) is 0.401. The summed E-state index contributed by atoms with van der Waals surface area (Å²) in [6.07, 6.45) is -1.87. The molecule has 106 valence electrons. The van der Waals surface area contributed by atoms with E-state index in [4.69, 9.17) is 0 Å². The van der Waals surface area contributed by atoms with Gasteiger partial charge in [-0.2, -0.15) is 9.89 Å². The average molecular weight is 278 g/mol. The molecule has 0 unspecified atom stereocenters. The van der Waals surface area contributed by atoms with E-state index in [1.807, 2.05) is 0 Å². The number of benzene rings is 1. The zero-order valence-electron chi connectivity index (χ0n) is 11.3. The van der Waals surface area contributed by atoms with Crippen molar-refractivity contribution in [1.29, 1.82) is 0 Å². The molecule has 0 radical (unpaired) electrons. The van der Waals surface area contributed by atoms with Crippen LogP contribution in [0.3, 0.4) is 0 Å². The van der Waals surface area contributed by atoms with Gasteiger partial charge in [-0.05, 0) is 0 Å². The summed E-state index contributed by atoms with van der Waals surface area (Å²) in [5.74, 6) is -0.792. The molecule has 0 atom stereocenters. The summed E-state index contributed by atoms with van der Waals surface area (Å²) in [6, 6.07) is 8.30. The first kappa shape index (κ1) is 15.4.